The fraction of sp³-hybridized carbons (Fsp3) is 0.476. The Morgan fingerprint density at radius 2 is 2.14 bits per heavy atom. The van der Waals surface area contributed by atoms with E-state index in [1.165, 1.54) is 0 Å². The monoisotopic (exact) mass is 394 g/mol. The van der Waals surface area contributed by atoms with Crippen molar-refractivity contribution in [2.45, 2.75) is 38.5 Å². The lowest BCUT2D eigenvalue weighted by atomic mass is 10.0. The van der Waals surface area contributed by atoms with Crippen LogP contribution in [0.4, 0.5) is 5.82 Å². The number of nitrogens with one attached hydrogen (secondary N) is 1. The van der Waals surface area contributed by atoms with Crippen LogP contribution in [0.2, 0.25) is 0 Å². The maximum Gasteiger partial charge on any atom is 0.228 e. The van der Waals surface area contributed by atoms with Crippen LogP contribution in [0.5, 0.6) is 0 Å². The Bertz CT molecular complexity index is 1070. The molecule has 8 nitrogen and oxygen atoms in total. The first-order valence-corrected chi connectivity index (χ1v) is 10.1. The number of carbonyl (C=O) groups is 1. The third kappa shape index (κ3) is 3.42. The number of nitrogens with zero attached hydrogens (tertiary/aromatic N) is 5. The molecule has 1 saturated heterocycles. The average molecular weight is 394 g/mol. The van der Waals surface area contributed by atoms with Crippen LogP contribution in [0.15, 0.2) is 30.6 Å². The molecule has 1 N–H and O–H groups in total. The number of fused-ring (bicyclic) bond motifs is 1. The molecule has 2 aliphatic rings. The highest BCUT2D eigenvalue weighted by molar-refractivity contribution is 5.93. The van der Waals surface area contributed by atoms with Gasteiger partial charge in [0.1, 0.15) is 0 Å². The van der Waals surface area contributed by atoms with Crippen LogP contribution < -0.4 is 5.32 Å². The molecular formula is C21H26N6O2. The number of rotatable bonds is 6. The summed E-state index contributed by atoms with van der Waals surface area (Å²) in [6.07, 6.45) is 6.01. The molecule has 0 aromatic carbocycles. The average Bonchev–Trinajstić information content (AvgIpc) is 3.39. The van der Waals surface area contributed by atoms with Gasteiger partial charge in [0.25, 0.3) is 0 Å². The predicted octanol–water partition coefficient (Wildman–Crippen LogP) is 2.30. The van der Waals surface area contributed by atoms with Gasteiger partial charge in [0, 0.05) is 48.9 Å². The van der Waals surface area contributed by atoms with Gasteiger partial charge in [-0.2, -0.15) is 10.2 Å². The third-order valence-corrected chi connectivity index (χ3v) is 6.10. The van der Waals surface area contributed by atoms with Crippen molar-refractivity contribution in [1.82, 2.24) is 24.3 Å². The second-order valence-electron chi connectivity index (χ2n) is 8.25. The number of hydrogen-bond acceptors (Lipinski definition) is 5. The minimum Gasteiger partial charge on any atom is -0.370 e. The largest absolute Gasteiger partial charge is 0.370 e. The van der Waals surface area contributed by atoms with E-state index in [4.69, 9.17) is 4.74 Å². The Morgan fingerprint density at radius 1 is 1.31 bits per heavy atom. The van der Waals surface area contributed by atoms with E-state index in [2.05, 4.69) is 40.5 Å². The standard InChI is InChI=1S/C21H26N6O2/c1-13-18(11-25(13)2)29-12-16-10-22-26(3)20(16)15-6-7-27-17(8-15)9-19(24-27)23-21(28)14-4-5-14/h6-10,13-14,18H,4-5,11-12H2,1-3H3,(H,23,24,28)/t13-,18+/m0/s1. The molecule has 8 heteroatoms. The highest BCUT2D eigenvalue weighted by Gasteiger charge is 2.33. The molecule has 3 aromatic rings. The molecule has 3 aromatic heterocycles. The normalized spacial score (nSPS) is 22.0. The van der Waals surface area contributed by atoms with E-state index in [1.807, 2.05) is 36.3 Å². The SMILES string of the molecule is C[C@H]1[C@H](OCc2cnn(C)c2-c2ccn3nc(NC(=O)C4CC4)cc3c2)CN1C. The van der Waals surface area contributed by atoms with Crippen LogP contribution in [-0.4, -0.2) is 55.9 Å². The lowest BCUT2D eigenvalue weighted by molar-refractivity contribution is -0.117. The van der Waals surface area contributed by atoms with Gasteiger partial charge in [-0.15, -0.1) is 0 Å². The van der Waals surface area contributed by atoms with Gasteiger partial charge in [0.2, 0.25) is 5.91 Å². The van der Waals surface area contributed by atoms with Crippen LogP contribution in [0.3, 0.4) is 0 Å². The second kappa shape index (κ2) is 6.96. The van der Waals surface area contributed by atoms with Crippen LogP contribution in [0.25, 0.3) is 16.8 Å². The zero-order valence-corrected chi connectivity index (χ0v) is 17.0. The van der Waals surface area contributed by atoms with Crippen molar-refractivity contribution in [2.75, 3.05) is 18.9 Å². The van der Waals surface area contributed by atoms with Crippen LogP contribution >= 0.6 is 0 Å². The molecule has 2 fully saturated rings. The number of aryl methyl sites for hydroxylation is 1. The lowest BCUT2D eigenvalue weighted by Gasteiger charge is -2.43. The molecule has 0 spiro atoms. The first kappa shape index (κ1) is 18.3. The van der Waals surface area contributed by atoms with Gasteiger partial charge in [-0.25, -0.2) is 4.52 Å². The lowest BCUT2D eigenvalue weighted by Crippen LogP contribution is -2.57. The maximum absolute atomic E-state index is 12.0. The molecule has 0 bridgehead atoms. The van der Waals surface area contributed by atoms with Crippen molar-refractivity contribution in [3.05, 3.63) is 36.2 Å². The molecule has 1 amide bonds. The van der Waals surface area contributed by atoms with Gasteiger partial charge in [-0.1, -0.05) is 0 Å². The zero-order chi connectivity index (χ0) is 20.1. The summed E-state index contributed by atoms with van der Waals surface area (Å²) in [5, 5.41) is 11.8. The predicted molar refractivity (Wildman–Crippen MR) is 109 cm³/mol. The van der Waals surface area contributed by atoms with Crippen LogP contribution in [-0.2, 0) is 23.2 Å². The van der Waals surface area contributed by atoms with Gasteiger partial charge >= 0.3 is 0 Å². The van der Waals surface area contributed by atoms with Gasteiger partial charge in [-0.05, 0) is 38.9 Å². The minimum atomic E-state index is 0.0653. The van der Waals surface area contributed by atoms with Crippen molar-refractivity contribution in [2.24, 2.45) is 13.0 Å². The van der Waals surface area contributed by atoms with E-state index >= 15 is 0 Å². The summed E-state index contributed by atoms with van der Waals surface area (Å²) in [4.78, 5) is 14.3. The number of pyridine rings is 1. The van der Waals surface area contributed by atoms with E-state index in [-0.39, 0.29) is 17.9 Å². The van der Waals surface area contributed by atoms with Crippen molar-refractivity contribution < 1.29 is 9.53 Å². The molecule has 1 aliphatic carbocycles. The molecule has 0 unspecified atom stereocenters. The van der Waals surface area contributed by atoms with Crippen molar-refractivity contribution in [1.29, 1.82) is 0 Å². The summed E-state index contributed by atoms with van der Waals surface area (Å²) in [5.41, 5.74) is 4.09. The van der Waals surface area contributed by atoms with Crippen molar-refractivity contribution >= 4 is 17.2 Å². The first-order chi connectivity index (χ1) is 14.0. The molecule has 5 rings (SSSR count). The van der Waals surface area contributed by atoms with Crippen molar-refractivity contribution in [3.63, 3.8) is 0 Å². The minimum absolute atomic E-state index is 0.0653. The fourth-order valence-corrected chi connectivity index (χ4v) is 3.87. The summed E-state index contributed by atoms with van der Waals surface area (Å²) in [6.45, 7) is 3.69. The van der Waals surface area contributed by atoms with E-state index in [1.54, 1.807) is 4.52 Å². The summed E-state index contributed by atoms with van der Waals surface area (Å²) >= 11 is 0. The Hall–Kier alpha value is -2.71. The van der Waals surface area contributed by atoms with Gasteiger partial charge in [-0.3, -0.25) is 14.4 Å². The summed E-state index contributed by atoms with van der Waals surface area (Å²) < 4.78 is 9.79. The van der Waals surface area contributed by atoms with Crippen molar-refractivity contribution in [3.8, 4) is 11.3 Å². The zero-order valence-electron chi connectivity index (χ0n) is 17.0. The number of amides is 1. The topological polar surface area (TPSA) is 76.7 Å². The van der Waals surface area contributed by atoms with E-state index in [0.717, 1.165) is 41.7 Å². The number of likely N-dealkylation sites (N-methyl/N-ethyl adjacent to an activating group) is 1. The second-order valence-corrected chi connectivity index (χ2v) is 8.25. The van der Waals surface area contributed by atoms with Gasteiger partial charge in [0.15, 0.2) is 5.82 Å². The molecule has 4 heterocycles. The Morgan fingerprint density at radius 3 is 2.86 bits per heavy atom. The summed E-state index contributed by atoms with van der Waals surface area (Å²) in [7, 11) is 4.06. The number of anilines is 1. The molecule has 1 saturated carbocycles. The highest BCUT2D eigenvalue weighted by Crippen LogP contribution is 2.31. The summed E-state index contributed by atoms with van der Waals surface area (Å²) in [6, 6.07) is 6.44. The number of likely N-dealkylation sites (tertiary alicyclic amines) is 1. The molecular weight excluding hydrogens is 368 g/mol. The van der Waals surface area contributed by atoms with Gasteiger partial charge in [0.05, 0.1) is 30.1 Å². The molecule has 29 heavy (non-hydrogen) atoms. The molecule has 0 radical (unpaired) electrons. The fourth-order valence-electron chi connectivity index (χ4n) is 3.87. The number of aromatic nitrogens is 4. The first-order valence-electron chi connectivity index (χ1n) is 10.1. The molecule has 1 aliphatic heterocycles. The van der Waals surface area contributed by atoms with E-state index in [0.29, 0.717) is 18.5 Å². The smallest absolute Gasteiger partial charge is 0.228 e. The number of hydrogen-bond donors (Lipinski definition) is 1. The maximum atomic E-state index is 12.0. The van der Waals surface area contributed by atoms with E-state index in [9.17, 15) is 4.79 Å². The Balaban J connectivity index is 1.37. The quantitative estimate of drug-likeness (QED) is 0.694. The Kier molecular flexibility index (Phi) is 4.40. The molecule has 152 valence electrons. The molecule has 2 atom stereocenters. The number of ether oxygens (including phenoxy) is 1. The third-order valence-electron chi connectivity index (χ3n) is 6.10. The van der Waals surface area contributed by atoms with Gasteiger partial charge < -0.3 is 10.1 Å². The van der Waals surface area contributed by atoms with E-state index < -0.39 is 0 Å². The highest BCUT2D eigenvalue weighted by atomic mass is 16.5. The number of carbonyl (C=O) groups excluding carboxylic acids is 1. The Labute approximate surface area is 169 Å². The van der Waals surface area contributed by atoms with Crippen LogP contribution in [0, 0.1) is 5.92 Å². The van der Waals surface area contributed by atoms with Crippen LogP contribution in [0.1, 0.15) is 25.3 Å². The summed E-state index contributed by atoms with van der Waals surface area (Å²) in [5.74, 6) is 0.816.